The van der Waals surface area contributed by atoms with Gasteiger partial charge in [-0.05, 0) is 32.4 Å². The first-order valence-electron chi connectivity index (χ1n) is 7.43. The van der Waals surface area contributed by atoms with E-state index in [1.807, 2.05) is 0 Å². The first-order chi connectivity index (χ1) is 11.6. The Labute approximate surface area is 145 Å². The summed E-state index contributed by atoms with van der Waals surface area (Å²) < 4.78 is 10.4. The molecule has 1 rings (SSSR count). The third-order valence-corrected chi connectivity index (χ3v) is 3.25. The molecule has 7 heteroatoms. The van der Waals surface area contributed by atoms with E-state index < -0.39 is 35.3 Å². The summed E-state index contributed by atoms with van der Waals surface area (Å²) in [6, 6.07) is 2.31. The second-order valence-corrected chi connectivity index (χ2v) is 5.43. The van der Waals surface area contributed by atoms with Crippen molar-refractivity contribution in [3.63, 3.8) is 0 Å². The lowest BCUT2D eigenvalue weighted by Crippen LogP contribution is -2.16. The Morgan fingerprint density at radius 1 is 1.12 bits per heavy atom. The highest BCUT2D eigenvalue weighted by Gasteiger charge is 2.28. The van der Waals surface area contributed by atoms with Crippen LogP contribution in [0.25, 0.3) is 0 Å². The minimum Gasteiger partial charge on any atom is -0.506 e. The molecule has 0 saturated carbocycles. The third kappa shape index (κ3) is 4.69. The zero-order chi connectivity index (χ0) is 19.3. The van der Waals surface area contributed by atoms with Gasteiger partial charge in [-0.25, -0.2) is 14.4 Å². The number of aromatic carboxylic acids is 1. The molecule has 0 aliphatic rings. The first-order valence-corrected chi connectivity index (χ1v) is 7.43. The molecule has 1 atom stereocenters. The van der Waals surface area contributed by atoms with E-state index in [2.05, 4.69) is 13.2 Å². The summed E-state index contributed by atoms with van der Waals surface area (Å²) in [6.07, 6.45) is -0.829. The second-order valence-electron chi connectivity index (χ2n) is 5.43. The molecule has 1 unspecified atom stereocenters. The molecule has 0 bridgehead atoms. The lowest BCUT2D eigenvalue weighted by Gasteiger charge is -2.21. The van der Waals surface area contributed by atoms with Crippen LogP contribution in [0.3, 0.4) is 0 Å². The van der Waals surface area contributed by atoms with Crippen LogP contribution in [0.15, 0.2) is 36.4 Å². The number of carboxylic acids is 1. The van der Waals surface area contributed by atoms with Crippen LogP contribution in [0.1, 0.15) is 49.2 Å². The number of phenols is 1. The van der Waals surface area contributed by atoms with Crippen molar-refractivity contribution in [3.8, 4) is 11.5 Å². The number of aromatic hydroxyl groups is 1. The SMILES string of the molecule is C=C(C)C(=O)Oc1ccc(C(=O)O)c(O)c1C(CC)OC(=O)C(=C)C. The summed E-state index contributed by atoms with van der Waals surface area (Å²) in [7, 11) is 0. The Morgan fingerprint density at radius 2 is 1.68 bits per heavy atom. The molecule has 0 radical (unpaired) electrons. The van der Waals surface area contributed by atoms with Crippen LogP contribution in [0.2, 0.25) is 0 Å². The minimum atomic E-state index is -1.38. The van der Waals surface area contributed by atoms with Crippen LogP contribution in [0.4, 0.5) is 0 Å². The minimum absolute atomic E-state index is 0.105. The van der Waals surface area contributed by atoms with Gasteiger partial charge in [0.25, 0.3) is 0 Å². The van der Waals surface area contributed by atoms with Gasteiger partial charge < -0.3 is 19.7 Å². The van der Waals surface area contributed by atoms with Crippen LogP contribution in [0.5, 0.6) is 11.5 Å². The fraction of sp³-hybridized carbons (Fsp3) is 0.278. The molecule has 1 aromatic rings. The molecule has 0 aliphatic heterocycles. The summed E-state index contributed by atoms with van der Waals surface area (Å²) in [4.78, 5) is 34.9. The van der Waals surface area contributed by atoms with Crippen LogP contribution in [-0.4, -0.2) is 28.1 Å². The molecule has 0 heterocycles. The van der Waals surface area contributed by atoms with E-state index >= 15 is 0 Å². The van der Waals surface area contributed by atoms with Gasteiger partial charge >= 0.3 is 17.9 Å². The summed E-state index contributed by atoms with van der Waals surface area (Å²) in [5.41, 5.74) is -0.269. The Kier molecular flexibility index (Phi) is 6.50. The van der Waals surface area contributed by atoms with E-state index in [1.54, 1.807) is 6.92 Å². The van der Waals surface area contributed by atoms with E-state index in [0.29, 0.717) is 0 Å². The lowest BCUT2D eigenvalue weighted by atomic mass is 10.0. The predicted molar refractivity (Wildman–Crippen MR) is 89.5 cm³/mol. The quantitative estimate of drug-likeness (QED) is 0.442. The molecule has 0 amide bonds. The number of hydrogen-bond acceptors (Lipinski definition) is 6. The molecule has 0 spiro atoms. The molecule has 0 saturated heterocycles. The highest BCUT2D eigenvalue weighted by molar-refractivity contribution is 5.93. The smallest absolute Gasteiger partial charge is 0.339 e. The molecule has 134 valence electrons. The Bertz CT molecular complexity index is 746. The zero-order valence-corrected chi connectivity index (χ0v) is 14.3. The van der Waals surface area contributed by atoms with Crippen LogP contribution < -0.4 is 4.74 Å². The molecule has 25 heavy (non-hydrogen) atoms. The van der Waals surface area contributed by atoms with E-state index in [-0.39, 0.29) is 28.9 Å². The molecule has 1 aromatic carbocycles. The topological polar surface area (TPSA) is 110 Å². The molecular weight excluding hydrogens is 328 g/mol. The van der Waals surface area contributed by atoms with Crippen molar-refractivity contribution < 1.29 is 34.1 Å². The monoisotopic (exact) mass is 348 g/mol. The van der Waals surface area contributed by atoms with Gasteiger partial charge in [-0.15, -0.1) is 0 Å². The summed E-state index contributed by atoms with van der Waals surface area (Å²) in [6.45, 7) is 11.5. The number of hydrogen-bond donors (Lipinski definition) is 2. The van der Waals surface area contributed by atoms with Crippen molar-refractivity contribution in [2.75, 3.05) is 0 Å². The Balaban J connectivity index is 3.48. The van der Waals surface area contributed by atoms with Gasteiger partial charge in [0.1, 0.15) is 23.2 Å². The van der Waals surface area contributed by atoms with E-state index in [0.717, 1.165) is 6.07 Å². The largest absolute Gasteiger partial charge is 0.506 e. The average molecular weight is 348 g/mol. The highest BCUT2D eigenvalue weighted by atomic mass is 16.6. The van der Waals surface area contributed by atoms with Gasteiger partial charge in [0.15, 0.2) is 0 Å². The fourth-order valence-electron chi connectivity index (χ4n) is 1.93. The number of carbonyl (C=O) groups is 3. The van der Waals surface area contributed by atoms with E-state index in [1.165, 1.54) is 19.9 Å². The van der Waals surface area contributed by atoms with E-state index in [9.17, 15) is 24.6 Å². The fourth-order valence-corrected chi connectivity index (χ4v) is 1.93. The average Bonchev–Trinajstić information content (AvgIpc) is 2.52. The van der Waals surface area contributed by atoms with Crippen molar-refractivity contribution in [3.05, 3.63) is 47.6 Å². The number of esters is 2. The Hall–Kier alpha value is -3.09. The van der Waals surface area contributed by atoms with Gasteiger partial charge in [-0.3, -0.25) is 0 Å². The highest BCUT2D eigenvalue weighted by Crippen LogP contribution is 2.40. The third-order valence-electron chi connectivity index (χ3n) is 3.25. The maximum Gasteiger partial charge on any atom is 0.339 e. The maximum absolute atomic E-state index is 11.8. The Morgan fingerprint density at radius 3 is 2.12 bits per heavy atom. The zero-order valence-electron chi connectivity index (χ0n) is 14.3. The lowest BCUT2D eigenvalue weighted by molar-refractivity contribution is -0.144. The molecule has 0 aromatic heterocycles. The van der Waals surface area contributed by atoms with Gasteiger partial charge in [0.05, 0.1) is 5.56 Å². The van der Waals surface area contributed by atoms with Crippen molar-refractivity contribution in [1.29, 1.82) is 0 Å². The van der Waals surface area contributed by atoms with Crippen LogP contribution in [-0.2, 0) is 14.3 Å². The normalized spacial score (nSPS) is 11.3. The summed E-state index contributed by atoms with van der Waals surface area (Å²) in [5.74, 6) is -3.61. The van der Waals surface area contributed by atoms with Crippen molar-refractivity contribution in [2.45, 2.75) is 33.3 Å². The molecule has 7 nitrogen and oxygen atoms in total. The predicted octanol–water partition coefficient (Wildman–Crippen LogP) is 3.14. The molecule has 0 aliphatic carbocycles. The van der Waals surface area contributed by atoms with Gasteiger partial charge in [-0.1, -0.05) is 20.1 Å². The van der Waals surface area contributed by atoms with Crippen molar-refractivity contribution >= 4 is 17.9 Å². The van der Waals surface area contributed by atoms with Crippen molar-refractivity contribution in [1.82, 2.24) is 0 Å². The molecular formula is C18H20O7. The standard InChI is InChI=1S/C18H20O7/c1-6-12(24-17(22)9(2)3)14-13(25-18(23)10(4)5)8-7-11(15(14)19)16(20)21/h7-8,12,19H,2,4,6H2,1,3,5H3,(H,20,21). The number of carboxylic acid groups (broad SMARTS) is 1. The van der Waals surface area contributed by atoms with Gasteiger partial charge in [0.2, 0.25) is 0 Å². The number of rotatable bonds is 7. The number of ether oxygens (including phenoxy) is 2. The van der Waals surface area contributed by atoms with Gasteiger partial charge in [0, 0.05) is 11.1 Å². The number of benzene rings is 1. The summed E-state index contributed by atoms with van der Waals surface area (Å²) >= 11 is 0. The number of carbonyl (C=O) groups excluding carboxylic acids is 2. The van der Waals surface area contributed by atoms with Crippen LogP contribution >= 0.6 is 0 Å². The second kappa shape index (κ2) is 8.14. The van der Waals surface area contributed by atoms with Crippen molar-refractivity contribution in [2.24, 2.45) is 0 Å². The van der Waals surface area contributed by atoms with Gasteiger partial charge in [-0.2, -0.15) is 0 Å². The first kappa shape index (κ1) is 20.0. The van der Waals surface area contributed by atoms with E-state index in [4.69, 9.17) is 9.47 Å². The summed E-state index contributed by atoms with van der Waals surface area (Å²) in [5, 5.41) is 19.5. The molecule has 2 N–H and O–H groups in total. The molecule has 0 fully saturated rings. The maximum atomic E-state index is 11.8. The van der Waals surface area contributed by atoms with Crippen LogP contribution in [0, 0.1) is 0 Å².